The van der Waals surface area contributed by atoms with E-state index in [1.54, 1.807) is 24.3 Å². The number of para-hydroxylation sites is 1. The van der Waals surface area contributed by atoms with Crippen molar-refractivity contribution in [1.82, 2.24) is 0 Å². The third-order valence-corrected chi connectivity index (χ3v) is 2.82. The molecule has 106 valence electrons. The molecule has 0 aliphatic carbocycles. The Morgan fingerprint density at radius 3 is 2.10 bits per heavy atom. The van der Waals surface area contributed by atoms with E-state index >= 15 is 0 Å². The third kappa shape index (κ3) is 3.81. The Kier molecular flexibility index (Phi) is 4.74. The summed E-state index contributed by atoms with van der Waals surface area (Å²) in [5.41, 5.74) is 0.878. The summed E-state index contributed by atoms with van der Waals surface area (Å²) in [5.74, 6) is -1.67. The third-order valence-electron chi connectivity index (χ3n) is 2.82. The molecule has 2 rings (SSSR count). The SMILES string of the molecule is CC(O)C(O)(OCc1ccccc1)Oc1ccccc1. The molecular weight excluding hydrogens is 256 g/mol. The highest BCUT2D eigenvalue weighted by atomic mass is 16.8. The lowest BCUT2D eigenvalue weighted by Gasteiger charge is -2.30. The van der Waals surface area contributed by atoms with E-state index in [1.165, 1.54) is 6.92 Å². The number of aliphatic hydroxyl groups is 2. The van der Waals surface area contributed by atoms with Crippen molar-refractivity contribution in [2.75, 3.05) is 0 Å². The molecule has 4 heteroatoms. The standard InChI is InChI=1S/C16H18O4/c1-13(17)16(18,20-15-10-6-3-7-11-15)19-12-14-8-4-2-5-9-14/h2-11,13,17-18H,12H2,1H3. The lowest BCUT2D eigenvalue weighted by atomic mass is 10.2. The van der Waals surface area contributed by atoms with Gasteiger partial charge in [0.15, 0.2) is 0 Å². The van der Waals surface area contributed by atoms with Crippen LogP contribution >= 0.6 is 0 Å². The minimum Gasteiger partial charge on any atom is -0.437 e. The first-order valence-electron chi connectivity index (χ1n) is 6.42. The zero-order valence-corrected chi connectivity index (χ0v) is 11.3. The summed E-state index contributed by atoms with van der Waals surface area (Å²) in [6.45, 7) is 1.54. The molecule has 0 saturated heterocycles. The number of hydrogen-bond donors (Lipinski definition) is 2. The first-order valence-corrected chi connectivity index (χ1v) is 6.42. The molecule has 0 bridgehead atoms. The summed E-state index contributed by atoms with van der Waals surface area (Å²) in [6, 6.07) is 18.1. The van der Waals surface area contributed by atoms with E-state index in [0.29, 0.717) is 5.75 Å². The molecule has 2 aromatic carbocycles. The Bertz CT molecular complexity index is 513. The van der Waals surface area contributed by atoms with Gasteiger partial charge >= 0.3 is 5.97 Å². The van der Waals surface area contributed by atoms with Crippen molar-refractivity contribution in [3.05, 3.63) is 66.2 Å². The fourth-order valence-corrected chi connectivity index (χ4v) is 1.65. The molecule has 2 unspecified atom stereocenters. The number of aliphatic hydroxyl groups excluding tert-OH is 1. The molecule has 4 nitrogen and oxygen atoms in total. The van der Waals surface area contributed by atoms with E-state index in [2.05, 4.69) is 0 Å². The Balaban J connectivity index is 2.05. The van der Waals surface area contributed by atoms with Crippen LogP contribution in [-0.4, -0.2) is 22.3 Å². The Hall–Kier alpha value is -1.88. The molecule has 0 saturated carbocycles. The van der Waals surface area contributed by atoms with Crippen molar-refractivity contribution in [3.8, 4) is 5.75 Å². The maximum absolute atomic E-state index is 10.3. The van der Waals surface area contributed by atoms with Crippen LogP contribution in [0.1, 0.15) is 12.5 Å². The summed E-state index contributed by atoms with van der Waals surface area (Å²) in [5, 5.41) is 20.0. The molecule has 0 fully saturated rings. The van der Waals surface area contributed by atoms with Crippen LogP contribution < -0.4 is 4.74 Å². The monoisotopic (exact) mass is 274 g/mol. The molecule has 0 heterocycles. The lowest BCUT2D eigenvalue weighted by molar-refractivity contribution is -0.361. The van der Waals surface area contributed by atoms with Crippen LogP contribution in [0, 0.1) is 0 Å². The van der Waals surface area contributed by atoms with Gasteiger partial charge in [0, 0.05) is 0 Å². The van der Waals surface area contributed by atoms with Crippen LogP contribution in [0.15, 0.2) is 60.7 Å². The van der Waals surface area contributed by atoms with Crippen LogP contribution in [0.3, 0.4) is 0 Å². The van der Waals surface area contributed by atoms with Crippen molar-refractivity contribution in [1.29, 1.82) is 0 Å². The van der Waals surface area contributed by atoms with Gasteiger partial charge in [-0.25, -0.2) is 0 Å². The molecule has 2 N–H and O–H groups in total. The quantitative estimate of drug-likeness (QED) is 0.794. The summed E-state index contributed by atoms with van der Waals surface area (Å²) in [7, 11) is 0. The van der Waals surface area contributed by atoms with Crippen LogP contribution in [0.5, 0.6) is 5.75 Å². The van der Waals surface area contributed by atoms with Crippen molar-refractivity contribution < 1.29 is 19.7 Å². The fraction of sp³-hybridized carbons (Fsp3) is 0.250. The van der Waals surface area contributed by atoms with Gasteiger partial charge in [-0.05, 0) is 24.6 Å². The smallest absolute Gasteiger partial charge is 0.352 e. The number of ether oxygens (including phenoxy) is 2. The molecule has 0 amide bonds. The zero-order chi connectivity index (χ0) is 14.4. The molecule has 0 aliphatic heterocycles. The summed E-state index contributed by atoms with van der Waals surface area (Å²) in [4.78, 5) is 0. The second-order valence-corrected chi connectivity index (χ2v) is 4.50. The predicted octanol–water partition coefficient (Wildman–Crippen LogP) is 2.31. The van der Waals surface area contributed by atoms with E-state index in [1.807, 2.05) is 36.4 Å². The minimum absolute atomic E-state index is 0.134. The van der Waals surface area contributed by atoms with E-state index in [9.17, 15) is 10.2 Å². The Morgan fingerprint density at radius 1 is 1.00 bits per heavy atom. The molecule has 2 atom stereocenters. The highest BCUT2D eigenvalue weighted by Crippen LogP contribution is 2.22. The van der Waals surface area contributed by atoms with Gasteiger partial charge in [-0.3, -0.25) is 0 Å². The Morgan fingerprint density at radius 2 is 1.55 bits per heavy atom. The molecule has 0 radical (unpaired) electrons. The van der Waals surface area contributed by atoms with Crippen molar-refractivity contribution >= 4 is 0 Å². The average molecular weight is 274 g/mol. The fourth-order valence-electron chi connectivity index (χ4n) is 1.65. The van der Waals surface area contributed by atoms with Gasteiger partial charge in [-0.2, -0.15) is 0 Å². The van der Waals surface area contributed by atoms with Gasteiger partial charge in [0.05, 0.1) is 6.61 Å². The Labute approximate surface area is 118 Å². The molecular formula is C16H18O4. The van der Waals surface area contributed by atoms with E-state index in [4.69, 9.17) is 9.47 Å². The first kappa shape index (κ1) is 14.5. The van der Waals surface area contributed by atoms with E-state index < -0.39 is 12.1 Å². The topological polar surface area (TPSA) is 58.9 Å². The van der Waals surface area contributed by atoms with Crippen LogP contribution in [0.4, 0.5) is 0 Å². The predicted molar refractivity (Wildman–Crippen MR) is 74.9 cm³/mol. The van der Waals surface area contributed by atoms with Crippen LogP contribution in [0.25, 0.3) is 0 Å². The maximum Gasteiger partial charge on any atom is 0.352 e. The molecule has 0 spiro atoms. The van der Waals surface area contributed by atoms with Gasteiger partial charge in [0.1, 0.15) is 11.9 Å². The normalized spacial score (nSPS) is 15.3. The van der Waals surface area contributed by atoms with Gasteiger partial charge in [0.2, 0.25) is 0 Å². The minimum atomic E-state index is -2.09. The second kappa shape index (κ2) is 6.52. The van der Waals surface area contributed by atoms with Crippen LogP contribution in [-0.2, 0) is 11.3 Å². The van der Waals surface area contributed by atoms with Gasteiger partial charge in [0.25, 0.3) is 0 Å². The lowest BCUT2D eigenvalue weighted by Crippen LogP contribution is -2.48. The van der Waals surface area contributed by atoms with Crippen LogP contribution in [0.2, 0.25) is 0 Å². The number of benzene rings is 2. The molecule has 2 aromatic rings. The van der Waals surface area contributed by atoms with Gasteiger partial charge in [-0.1, -0.05) is 48.5 Å². The highest BCUT2D eigenvalue weighted by Gasteiger charge is 2.37. The number of rotatable bonds is 6. The summed E-state index contributed by atoms with van der Waals surface area (Å²) >= 11 is 0. The van der Waals surface area contributed by atoms with E-state index in [-0.39, 0.29) is 6.61 Å². The van der Waals surface area contributed by atoms with Gasteiger partial charge in [-0.15, -0.1) is 0 Å². The largest absolute Gasteiger partial charge is 0.437 e. The van der Waals surface area contributed by atoms with Crippen molar-refractivity contribution in [3.63, 3.8) is 0 Å². The highest BCUT2D eigenvalue weighted by molar-refractivity contribution is 5.21. The molecule has 0 aromatic heterocycles. The van der Waals surface area contributed by atoms with Gasteiger partial charge < -0.3 is 19.7 Å². The van der Waals surface area contributed by atoms with E-state index in [0.717, 1.165) is 5.56 Å². The maximum atomic E-state index is 10.3. The van der Waals surface area contributed by atoms with Crippen molar-refractivity contribution in [2.45, 2.75) is 25.6 Å². The molecule has 0 aliphatic rings. The summed E-state index contributed by atoms with van der Waals surface area (Å²) < 4.78 is 10.7. The second-order valence-electron chi connectivity index (χ2n) is 4.50. The van der Waals surface area contributed by atoms with Crippen molar-refractivity contribution in [2.24, 2.45) is 0 Å². The zero-order valence-electron chi connectivity index (χ0n) is 11.3. The summed E-state index contributed by atoms with van der Waals surface area (Å²) in [6.07, 6.45) is -1.20. The molecule has 20 heavy (non-hydrogen) atoms. The first-order chi connectivity index (χ1) is 9.60. The average Bonchev–Trinajstić information content (AvgIpc) is 2.47. The number of hydrogen-bond acceptors (Lipinski definition) is 4.